The highest BCUT2D eigenvalue weighted by Gasteiger charge is 2.34. The zero-order valence-corrected chi connectivity index (χ0v) is 14.2. The molecule has 2 aromatic rings. The van der Waals surface area contributed by atoms with Gasteiger partial charge in [0.2, 0.25) is 10.0 Å². The van der Waals surface area contributed by atoms with Gasteiger partial charge >= 0.3 is 0 Å². The summed E-state index contributed by atoms with van der Waals surface area (Å²) in [5.41, 5.74) is 1.00. The van der Waals surface area contributed by atoms with Crippen LogP contribution in [-0.2, 0) is 16.6 Å². The number of nitrogens with zero attached hydrogens (tertiary/aromatic N) is 2. The Morgan fingerprint density at radius 2 is 1.83 bits per heavy atom. The van der Waals surface area contributed by atoms with E-state index in [-0.39, 0.29) is 10.9 Å². The van der Waals surface area contributed by atoms with Crippen molar-refractivity contribution in [2.45, 2.75) is 24.4 Å². The Morgan fingerprint density at radius 1 is 1.09 bits per heavy atom. The summed E-state index contributed by atoms with van der Waals surface area (Å²) in [5.74, 6) is 0.911. The van der Waals surface area contributed by atoms with E-state index >= 15 is 0 Å². The molecule has 1 unspecified atom stereocenters. The van der Waals surface area contributed by atoms with Gasteiger partial charge in [-0.1, -0.05) is 0 Å². The number of fused-ring (bicyclic) bond motifs is 1. The fourth-order valence-electron chi connectivity index (χ4n) is 3.00. The molecule has 0 radical (unpaired) electrons. The molecule has 23 heavy (non-hydrogen) atoms. The van der Waals surface area contributed by atoms with Gasteiger partial charge in [0.05, 0.1) is 25.2 Å². The SMILES string of the molecule is COc1ccc(S(=O)(=O)N2CCn3cccc3C2C)cc1OC. The summed E-state index contributed by atoms with van der Waals surface area (Å²) in [6, 6.07) is 8.37. The smallest absolute Gasteiger partial charge is 0.243 e. The Balaban J connectivity index is 1.99. The van der Waals surface area contributed by atoms with Crippen LogP contribution in [0.2, 0.25) is 0 Å². The molecule has 0 spiro atoms. The standard InChI is InChI=1S/C16H20N2O4S/c1-12-14-5-4-8-17(14)9-10-18(12)23(19,20)13-6-7-15(21-2)16(11-13)22-3/h4-8,11-12H,9-10H2,1-3H3. The lowest BCUT2D eigenvalue weighted by atomic mass is 10.2. The van der Waals surface area contributed by atoms with E-state index < -0.39 is 10.0 Å². The van der Waals surface area contributed by atoms with Crippen molar-refractivity contribution in [1.82, 2.24) is 8.87 Å². The van der Waals surface area contributed by atoms with Crippen LogP contribution in [0.5, 0.6) is 11.5 Å². The van der Waals surface area contributed by atoms with Crippen molar-refractivity contribution in [2.24, 2.45) is 0 Å². The van der Waals surface area contributed by atoms with Crippen LogP contribution in [0.1, 0.15) is 18.7 Å². The van der Waals surface area contributed by atoms with Crippen LogP contribution >= 0.6 is 0 Å². The Labute approximate surface area is 136 Å². The minimum Gasteiger partial charge on any atom is -0.493 e. The average molecular weight is 336 g/mol. The predicted molar refractivity (Wildman–Crippen MR) is 86.3 cm³/mol. The Kier molecular flexibility index (Phi) is 4.08. The molecule has 3 rings (SSSR count). The van der Waals surface area contributed by atoms with Gasteiger partial charge in [0, 0.05) is 31.0 Å². The lowest BCUT2D eigenvalue weighted by molar-refractivity contribution is 0.282. The monoisotopic (exact) mass is 336 g/mol. The number of rotatable bonds is 4. The van der Waals surface area contributed by atoms with Gasteiger partial charge in [-0.3, -0.25) is 0 Å². The second-order valence-electron chi connectivity index (χ2n) is 5.43. The first-order chi connectivity index (χ1) is 11.0. The fourth-order valence-corrected chi connectivity index (χ4v) is 4.61. The number of aromatic nitrogens is 1. The minimum absolute atomic E-state index is 0.210. The van der Waals surface area contributed by atoms with Gasteiger partial charge in [0.1, 0.15) is 0 Å². The second kappa shape index (κ2) is 5.90. The molecule has 0 bridgehead atoms. The van der Waals surface area contributed by atoms with E-state index in [1.807, 2.05) is 25.3 Å². The number of benzene rings is 1. The number of hydrogen-bond acceptors (Lipinski definition) is 4. The van der Waals surface area contributed by atoms with Crippen LogP contribution in [0, 0.1) is 0 Å². The van der Waals surface area contributed by atoms with Crippen molar-refractivity contribution < 1.29 is 17.9 Å². The number of hydrogen-bond donors (Lipinski definition) is 0. The minimum atomic E-state index is -3.60. The van der Waals surface area contributed by atoms with E-state index in [1.165, 1.54) is 24.6 Å². The summed E-state index contributed by atoms with van der Waals surface area (Å²) in [6.45, 7) is 3.00. The van der Waals surface area contributed by atoms with Gasteiger partial charge in [-0.25, -0.2) is 8.42 Å². The summed E-state index contributed by atoms with van der Waals surface area (Å²) in [5, 5.41) is 0. The molecule has 7 heteroatoms. The summed E-state index contributed by atoms with van der Waals surface area (Å²) >= 11 is 0. The first-order valence-corrected chi connectivity index (χ1v) is 8.82. The van der Waals surface area contributed by atoms with Gasteiger partial charge in [0.15, 0.2) is 11.5 Å². The summed E-state index contributed by atoms with van der Waals surface area (Å²) < 4.78 is 40.0. The largest absolute Gasteiger partial charge is 0.493 e. The third kappa shape index (κ3) is 2.60. The Bertz CT molecular complexity index is 813. The molecule has 2 heterocycles. The van der Waals surface area contributed by atoms with E-state index in [0.717, 1.165) is 5.69 Å². The molecule has 6 nitrogen and oxygen atoms in total. The molecule has 0 aliphatic carbocycles. The normalized spacial score (nSPS) is 18.5. The van der Waals surface area contributed by atoms with Gasteiger partial charge < -0.3 is 14.0 Å². The number of ether oxygens (including phenoxy) is 2. The first kappa shape index (κ1) is 15.9. The molecule has 0 amide bonds. The van der Waals surface area contributed by atoms with Crippen LogP contribution in [0.4, 0.5) is 0 Å². The molecule has 1 atom stereocenters. The highest BCUT2D eigenvalue weighted by Crippen LogP contribution is 2.34. The Hall–Kier alpha value is -1.99. The van der Waals surface area contributed by atoms with E-state index in [4.69, 9.17) is 9.47 Å². The molecule has 1 aromatic heterocycles. The molecule has 0 N–H and O–H groups in total. The van der Waals surface area contributed by atoms with Crippen LogP contribution in [0.15, 0.2) is 41.4 Å². The van der Waals surface area contributed by atoms with E-state index in [1.54, 1.807) is 12.1 Å². The van der Waals surface area contributed by atoms with Crippen molar-refractivity contribution >= 4 is 10.0 Å². The highest BCUT2D eigenvalue weighted by atomic mass is 32.2. The topological polar surface area (TPSA) is 60.8 Å². The van der Waals surface area contributed by atoms with Crippen LogP contribution in [0.3, 0.4) is 0 Å². The van der Waals surface area contributed by atoms with E-state index in [9.17, 15) is 8.42 Å². The van der Waals surface area contributed by atoms with Crippen LogP contribution < -0.4 is 9.47 Å². The zero-order valence-electron chi connectivity index (χ0n) is 13.4. The summed E-state index contributed by atoms with van der Waals surface area (Å²) in [7, 11) is -0.593. The zero-order chi connectivity index (χ0) is 16.6. The maximum Gasteiger partial charge on any atom is 0.243 e. The molecular weight excluding hydrogens is 316 g/mol. The molecule has 1 aromatic carbocycles. The molecule has 0 saturated heterocycles. The van der Waals surface area contributed by atoms with Crippen molar-refractivity contribution in [2.75, 3.05) is 20.8 Å². The summed E-state index contributed by atoms with van der Waals surface area (Å²) in [4.78, 5) is 0.210. The molecule has 1 aliphatic heterocycles. The van der Waals surface area contributed by atoms with Crippen molar-refractivity contribution in [3.63, 3.8) is 0 Å². The lowest BCUT2D eigenvalue weighted by Crippen LogP contribution is -2.40. The van der Waals surface area contributed by atoms with E-state index in [2.05, 4.69) is 4.57 Å². The molecule has 0 saturated carbocycles. The predicted octanol–water partition coefficient (Wildman–Crippen LogP) is 2.27. The quantitative estimate of drug-likeness (QED) is 0.859. The number of sulfonamides is 1. The first-order valence-electron chi connectivity index (χ1n) is 7.38. The van der Waals surface area contributed by atoms with Crippen molar-refractivity contribution in [1.29, 1.82) is 0 Å². The van der Waals surface area contributed by atoms with Crippen molar-refractivity contribution in [3.8, 4) is 11.5 Å². The van der Waals surface area contributed by atoms with Gasteiger partial charge in [-0.15, -0.1) is 0 Å². The molecule has 1 aliphatic rings. The molecule has 124 valence electrons. The maximum atomic E-state index is 13.0. The van der Waals surface area contributed by atoms with Gasteiger partial charge in [-0.2, -0.15) is 4.31 Å². The van der Waals surface area contributed by atoms with Crippen molar-refractivity contribution in [3.05, 3.63) is 42.2 Å². The number of methoxy groups -OCH3 is 2. The molecular formula is C16H20N2O4S. The van der Waals surface area contributed by atoms with Crippen LogP contribution in [0.25, 0.3) is 0 Å². The Morgan fingerprint density at radius 3 is 2.52 bits per heavy atom. The highest BCUT2D eigenvalue weighted by molar-refractivity contribution is 7.89. The third-order valence-electron chi connectivity index (χ3n) is 4.25. The van der Waals surface area contributed by atoms with Gasteiger partial charge in [-0.05, 0) is 31.2 Å². The van der Waals surface area contributed by atoms with E-state index in [0.29, 0.717) is 24.6 Å². The van der Waals surface area contributed by atoms with Crippen LogP contribution in [-0.4, -0.2) is 38.1 Å². The van der Waals surface area contributed by atoms with Gasteiger partial charge in [0.25, 0.3) is 0 Å². The third-order valence-corrected chi connectivity index (χ3v) is 6.21. The molecule has 0 fully saturated rings. The lowest BCUT2D eigenvalue weighted by Gasteiger charge is -2.34. The second-order valence-corrected chi connectivity index (χ2v) is 7.33. The fraction of sp³-hybridized carbons (Fsp3) is 0.375. The average Bonchev–Trinajstić information content (AvgIpc) is 3.03. The maximum absolute atomic E-state index is 13.0. The summed E-state index contributed by atoms with van der Waals surface area (Å²) in [6.07, 6.45) is 1.98.